The number of rotatable bonds is 3. The molecule has 2 aromatic carbocycles. The molecule has 1 heteroatoms. The molecule has 0 saturated carbocycles. The van der Waals surface area contributed by atoms with E-state index in [1.165, 1.54) is 25.7 Å². The molecule has 0 heterocycles. The normalized spacial score (nSPS) is 15.8. The van der Waals surface area contributed by atoms with Crippen LogP contribution >= 0.6 is 0 Å². The molecule has 0 aliphatic heterocycles. The van der Waals surface area contributed by atoms with E-state index in [4.69, 9.17) is 0 Å². The SMILES string of the molecule is C1=CCC[C]([Pt]([c]2ccccc2)[c]2ccccc2)=CCC1. The van der Waals surface area contributed by atoms with Crippen LogP contribution in [0.1, 0.15) is 25.7 Å². The van der Waals surface area contributed by atoms with Crippen LogP contribution in [0.2, 0.25) is 0 Å². The summed E-state index contributed by atoms with van der Waals surface area (Å²) in [4.78, 5) is 0. The van der Waals surface area contributed by atoms with E-state index in [2.05, 4.69) is 78.9 Å². The summed E-state index contributed by atoms with van der Waals surface area (Å²) in [7, 11) is 0. The molecule has 0 radical (unpaired) electrons. The van der Waals surface area contributed by atoms with Crippen molar-refractivity contribution in [1.82, 2.24) is 0 Å². The van der Waals surface area contributed by atoms with Crippen molar-refractivity contribution in [1.29, 1.82) is 0 Å². The Morgan fingerprint density at radius 2 is 1.19 bits per heavy atom. The predicted molar refractivity (Wildman–Crippen MR) is 87.8 cm³/mol. The average Bonchev–Trinajstić information content (AvgIpc) is 2.52. The third-order valence-corrected chi connectivity index (χ3v) is 10.0. The van der Waals surface area contributed by atoms with Crippen LogP contribution in [0.3, 0.4) is 0 Å². The second-order valence-corrected chi connectivity index (χ2v) is 10.7. The molecular weight excluding hydrogens is 435 g/mol. The summed E-state index contributed by atoms with van der Waals surface area (Å²) in [6.07, 6.45) is 12.0. The minimum atomic E-state index is -1.47. The summed E-state index contributed by atoms with van der Waals surface area (Å²) in [6.45, 7) is 0. The Hall–Kier alpha value is -1.39. The Labute approximate surface area is 133 Å². The van der Waals surface area contributed by atoms with Crippen molar-refractivity contribution in [3.8, 4) is 0 Å². The van der Waals surface area contributed by atoms with Crippen LogP contribution in [-0.2, 0) is 17.3 Å². The number of benzene rings is 2. The maximum absolute atomic E-state index is 2.54. The van der Waals surface area contributed by atoms with Crippen LogP contribution in [0.4, 0.5) is 0 Å². The number of hydrogen-bond acceptors (Lipinski definition) is 0. The number of allylic oxidation sites excluding steroid dienone is 4. The van der Waals surface area contributed by atoms with Crippen molar-refractivity contribution in [3.63, 3.8) is 0 Å². The standard InChI is InChI=1S/C8H11.2C6H5.Pt/c1-2-4-6-8-7-5-3-1;2*1-2-4-6-5-3-1;/h1-2,7H,3-6H2;2*1-5H;. The molecule has 0 amide bonds. The molecule has 0 spiro atoms. The van der Waals surface area contributed by atoms with Gasteiger partial charge in [-0.1, -0.05) is 0 Å². The molecule has 0 aromatic heterocycles. The van der Waals surface area contributed by atoms with Crippen molar-refractivity contribution >= 4 is 7.91 Å². The van der Waals surface area contributed by atoms with Gasteiger partial charge in [0.15, 0.2) is 0 Å². The van der Waals surface area contributed by atoms with E-state index in [1.54, 1.807) is 11.9 Å². The average molecular weight is 456 g/mol. The second kappa shape index (κ2) is 7.57. The fourth-order valence-electron chi connectivity index (χ4n) is 2.38. The number of hydrogen-bond donors (Lipinski definition) is 0. The molecule has 0 saturated heterocycles. The van der Waals surface area contributed by atoms with Crippen LogP contribution in [0.5, 0.6) is 0 Å². The fraction of sp³-hybridized carbons (Fsp3) is 0.200. The Kier molecular flexibility index (Phi) is 5.24. The molecule has 0 unspecified atom stereocenters. The first-order valence-corrected chi connectivity index (χ1v) is 10.9. The van der Waals surface area contributed by atoms with Gasteiger partial charge in [0.25, 0.3) is 0 Å². The zero-order chi connectivity index (χ0) is 14.3. The topological polar surface area (TPSA) is 0 Å². The van der Waals surface area contributed by atoms with Crippen LogP contribution in [0.15, 0.2) is 82.9 Å². The van der Waals surface area contributed by atoms with Gasteiger partial charge in [-0.2, -0.15) is 0 Å². The second-order valence-electron chi connectivity index (χ2n) is 4.96. The molecular formula is C20H21Pt. The first-order valence-electron chi connectivity index (χ1n) is 7.50. The Balaban J connectivity index is 2.00. The van der Waals surface area contributed by atoms with Crippen LogP contribution in [0.25, 0.3) is 0 Å². The van der Waals surface area contributed by atoms with E-state index in [0.717, 1.165) is 0 Å². The summed E-state index contributed by atoms with van der Waals surface area (Å²) in [6, 6.07) is 22.3. The van der Waals surface area contributed by atoms with Gasteiger partial charge >= 0.3 is 134 Å². The van der Waals surface area contributed by atoms with Crippen LogP contribution in [0, 0.1) is 0 Å². The monoisotopic (exact) mass is 456 g/mol. The predicted octanol–water partition coefficient (Wildman–Crippen LogP) is 4.27. The zero-order valence-corrected chi connectivity index (χ0v) is 14.4. The summed E-state index contributed by atoms with van der Waals surface area (Å²) < 4.78 is 4.84. The Morgan fingerprint density at radius 1 is 0.619 bits per heavy atom. The maximum atomic E-state index is 2.54. The van der Waals surface area contributed by atoms with Gasteiger partial charge in [0.05, 0.1) is 0 Å². The van der Waals surface area contributed by atoms with E-state index < -0.39 is 17.3 Å². The van der Waals surface area contributed by atoms with Gasteiger partial charge in [-0.05, 0) is 0 Å². The molecule has 0 nitrogen and oxygen atoms in total. The van der Waals surface area contributed by atoms with E-state index in [9.17, 15) is 0 Å². The quantitative estimate of drug-likeness (QED) is 0.606. The third kappa shape index (κ3) is 3.83. The van der Waals surface area contributed by atoms with Crippen molar-refractivity contribution in [3.05, 3.63) is 82.9 Å². The molecule has 3 rings (SSSR count). The van der Waals surface area contributed by atoms with Gasteiger partial charge in [-0.15, -0.1) is 0 Å². The van der Waals surface area contributed by atoms with Gasteiger partial charge in [-0.25, -0.2) is 0 Å². The molecule has 1 aliphatic carbocycles. The van der Waals surface area contributed by atoms with Crippen LogP contribution in [-0.4, -0.2) is 0 Å². The van der Waals surface area contributed by atoms with E-state index in [0.29, 0.717) is 0 Å². The molecule has 2 aromatic rings. The molecule has 0 N–H and O–H groups in total. The van der Waals surface area contributed by atoms with Crippen molar-refractivity contribution < 1.29 is 17.3 Å². The fourth-order valence-corrected chi connectivity index (χ4v) is 8.90. The summed E-state index contributed by atoms with van der Waals surface area (Å²) in [5.74, 6) is 0. The first-order chi connectivity index (χ1) is 10.4. The molecule has 0 bridgehead atoms. The third-order valence-electron chi connectivity index (χ3n) is 3.38. The minimum absolute atomic E-state index is 1.19. The summed E-state index contributed by atoms with van der Waals surface area (Å²) in [5, 5.41) is 0. The van der Waals surface area contributed by atoms with Gasteiger partial charge < -0.3 is 0 Å². The molecule has 0 fully saturated rings. The van der Waals surface area contributed by atoms with E-state index in [1.807, 2.05) is 0 Å². The summed E-state index contributed by atoms with van der Waals surface area (Å²) >= 11 is -1.47. The van der Waals surface area contributed by atoms with Crippen molar-refractivity contribution in [2.24, 2.45) is 0 Å². The van der Waals surface area contributed by atoms with Gasteiger partial charge in [0.1, 0.15) is 0 Å². The molecule has 0 atom stereocenters. The van der Waals surface area contributed by atoms with Gasteiger partial charge in [0.2, 0.25) is 0 Å². The first kappa shape index (κ1) is 14.5. The Bertz CT molecular complexity index is 571. The van der Waals surface area contributed by atoms with Crippen molar-refractivity contribution in [2.75, 3.05) is 0 Å². The Morgan fingerprint density at radius 3 is 1.81 bits per heavy atom. The molecule has 1 aliphatic rings. The van der Waals surface area contributed by atoms with Gasteiger partial charge in [0, 0.05) is 0 Å². The zero-order valence-electron chi connectivity index (χ0n) is 12.2. The van der Waals surface area contributed by atoms with E-state index in [-0.39, 0.29) is 0 Å². The molecule has 111 valence electrons. The van der Waals surface area contributed by atoms with Crippen molar-refractivity contribution in [2.45, 2.75) is 25.7 Å². The molecule has 21 heavy (non-hydrogen) atoms. The van der Waals surface area contributed by atoms with Gasteiger partial charge in [-0.3, -0.25) is 0 Å². The van der Waals surface area contributed by atoms with Crippen LogP contribution < -0.4 is 7.91 Å². The summed E-state index contributed by atoms with van der Waals surface area (Å²) in [5.41, 5.74) is 0. The van der Waals surface area contributed by atoms with E-state index >= 15 is 0 Å².